The van der Waals surface area contributed by atoms with Gasteiger partial charge in [-0.2, -0.15) is 10.5 Å². The van der Waals surface area contributed by atoms with Gasteiger partial charge in [0.05, 0.1) is 22.6 Å². The van der Waals surface area contributed by atoms with E-state index in [-0.39, 0.29) is 22.6 Å². The van der Waals surface area contributed by atoms with Gasteiger partial charge >= 0.3 is 0 Å². The summed E-state index contributed by atoms with van der Waals surface area (Å²) in [5.41, 5.74) is 0.230. The lowest BCUT2D eigenvalue weighted by Crippen LogP contribution is -2.12. The molecule has 1 aliphatic rings. The monoisotopic (exact) mass is 156 g/mol. The van der Waals surface area contributed by atoms with Crippen molar-refractivity contribution < 1.29 is 0 Å². The van der Waals surface area contributed by atoms with Crippen LogP contribution in [0.25, 0.3) is 0 Å². The van der Waals surface area contributed by atoms with Crippen LogP contribution in [-0.2, 0) is 0 Å². The van der Waals surface area contributed by atoms with E-state index in [1.807, 2.05) is 0 Å². The van der Waals surface area contributed by atoms with Gasteiger partial charge in [0.2, 0.25) is 0 Å². The summed E-state index contributed by atoms with van der Waals surface area (Å²) in [5, 5.41) is 31.4. The minimum absolute atomic E-state index is 0.0365. The first-order chi connectivity index (χ1) is 5.69. The molecule has 0 saturated heterocycles. The topological polar surface area (TPSA) is 95.3 Å². The Labute approximate surface area is 69.1 Å². The van der Waals surface area contributed by atoms with E-state index in [2.05, 4.69) is 0 Å². The van der Waals surface area contributed by atoms with Gasteiger partial charge in [-0.15, -0.1) is 0 Å². The van der Waals surface area contributed by atoms with E-state index in [4.69, 9.17) is 21.3 Å². The first kappa shape index (κ1) is 7.90. The molecule has 0 saturated carbocycles. The Morgan fingerprint density at radius 1 is 0.917 bits per heavy atom. The van der Waals surface area contributed by atoms with Crippen molar-refractivity contribution in [2.75, 3.05) is 0 Å². The molecule has 0 amide bonds. The molecule has 0 fully saturated rings. The van der Waals surface area contributed by atoms with E-state index in [0.29, 0.717) is 0 Å². The van der Waals surface area contributed by atoms with Gasteiger partial charge in [-0.25, -0.2) is 0 Å². The summed E-state index contributed by atoms with van der Waals surface area (Å²) in [4.78, 5) is 0. The van der Waals surface area contributed by atoms with E-state index >= 15 is 0 Å². The molecular formula is C8H4N4. The Balaban J connectivity index is 3.22. The zero-order valence-electron chi connectivity index (χ0n) is 6.05. The molecule has 4 nitrogen and oxygen atoms in total. The van der Waals surface area contributed by atoms with Gasteiger partial charge < -0.3 is 0 Å². The smallest absolute Gasteiger partial charge is 0.101 e. The maximum Gasteiger partial charge on any atom is 0.101 e. The van der Waals surface area contributed by atoms with Crippen LogP contribution in [0.15, 0.2) is 23.3 Å². The fraction of sp³-hybridized carbons (Fsp3) is 0. The summed E-state index contributed by atoms with van der Waals surface area (Å²) < 4.78 is 0. The van der Waals surface area contributed by atoms with Crippen molar-refractivity contribution in [3.63, 3.8) is 0 Å². The predicted molar refractivity (Wildman–Crippen MR) is 42.8 cm³/mol. The number of hydrogen-bond donors (Lipinski definition) is 2. The highest BCUT2D eigenvalue weighted by molar-refractivity contribution is 6.49. The number of nitriles is 2. The molecule has 0 aromatic rings. The third kappa shape index (κ3) is 1.14. The summed E-state index contributed by atoms with van der Waals surface area (Å²) in [6, 6.07) is 3.58. The lowest BCUT2D eigenvalue weighted by Gasteiger charge is -2.04. The van der Waals surface area contributed by atoms with Gasteiger partial charge in [0.1, 0.15) is 12.1 Å². The van der Waals surface area contributed by atoms with E-state index in [0.717, 1.165) is 0 Å². The zero-order chi connectivity index (χ0) is 9.14. The maximum atomic E-state index is 8.52. The zero-order valence-corrected chi connectivity index (χ0v) is 6.05. The Morgan fingerprint density at radius 2 is 1.25 bits per heavy atom. The van der Waals surface area contributed by atoms with Crippen LogP contribution < -0.4 is 0 Å². The molecule has 1 aliphatic carbocycles. The van der Waals surface area contributed by atoms with Crippen LogP contribution in [0.4, 0.5) is 0 Å². The highest BCUT2D eigenvalue weighted by Crippen LogP contribution is 2.13. The fourth-order valence-electron chi connectivity index (χ4n) is 0.785. The molecule has 0 aromatic heterocycles. The van der Waals surface area contributed by atoms with Gasteiger partial charge in [-0.3, -0.25) is 10.8 Å². The van der Waals surface area contributed by atoms with Crippen LogP contribution in [-0.4, -0.2) is 11.4 Å². The number of nitrogens with one attached hydrogen (secondary N) is 2. The van der Waals surface area contributed by atoms with Crippen LogP contribution >= 0.6 is 0 Å². The second kappa shape index (κ2) is 2.81. The molecule has 0 aromatic carbocycles. The summed E-state index contributed by atoms with van der Waals surface area (Å²) in [5.74, 6) is 0. The van der Waals surface area contributed by atoms with Crippen molar-refractivity contribution in [1.82, 2.24) is 0 Å². The van der Waals surface area contributed by atoms with Gasteiger partial charge in [0.15, 0.2) is 0 Å². The third-order valence-electron chi connectivity index (χ3n) is 1.40. The summed E-state index contributed by atoms with van der Waals surface area (Å²) >= 11 is 0. The standard InChI is InChI=1S/C8H4N4/c9-3-5-1-7(11)8(12)2-6(5)4-10/h1-2,11-12H. The van der Waals surface area contributed by atoms with Crippen molar-refractivity contribution in [3.8, 4) is 12.1 Å². The number of rotatable bonds is 0. The molecule has 1 rings (SSSR count). The minimum Gasteiger partial charge on any atom is -0.299 e. The number of allylic oxidation sites excluding steroid dienone is 4. The summed E-state index contributed by atoms with van der Waals surface area (Å²) in [6.45, 7) is 0. The molecular weight excluding hydrogens is 152 g/mol. The second-order valence-corrected chi connectivity index (χ2v) is 2.17. The third-order valence-corrected chi connectivity index (χ3v) is 1.40. The van der Waals surface area contributed by atoms with Crippen LogP contribution in [0.5, 0.6) is 0 Å². The van der Waals surface area contributed by atoms with Crippen molar-refractivity contribution in [2.24, 2.45) is 0 Å². The number of nitrogens with zero attached hydrogens (tertiary/aromatic N) is 2. The van der Waals surface area contributed by atoms with Crippen LogP contribution in [0.1, 0.15) is 0 Å². The van der Waals surface area contributed by atoms with Crippen molar-refractivity contribution >= 4 is 11.4 Å². The molecule has 56 valence electrons. The van der Waals surface area contributed by atoms with Crippen molar-refractivity contribution in [1.29, 1.82) is 21.3 Å². The Morgan fingerprint density at radius 3 is 1.50 bits per heavy atom. The first-order valence-electron chi connectivity index (χ1n) is 3.10. The average molecular weight is 156 g/mol. The molecule has 0 aliphatic heterocycles. The summed E-state index contributed by atoms with van der Waals surface area (Å²) in [7, 11) is 0. The Kier molecular flexibility index (Phi) is 1.85. The van der Waals surface area contributed by atoms with E-state index in [1.54, 1.807) is 12.1 Å². The van der Waals surface area contributed by atoms with Crippen LogP contribution in [0.2, 0.25) is 0 Å². The van der Waals surface area contributed by atoms with Gasteiger partial charge in [0, 0.05) is 0 Å². The quantitative estimate of drug-likeness (QED) is 0.510. The van der Waals surface area contributed by atoms with E-state index in [9.17, 15) is 0 Å². The molecule has 0 heterocycles. The predicted octanol–water partition coefficient (Wildman–Crippen LogP) is 0.939. The van der Waals surface area contributed by atoms with E-state index in [1.165, 1.54) is 12.2 Å². The van der Waals surface area contributed by atoms with Gasteiger partial charge in [0.25, 0.3) is 0 Å². The lowest BCUT2D eigenvalue weighted by molar-refractivity contribution is 1.41. The maximum absolute atomic E-state index is 8.52. The molecule has 4 heteroatoms. The second-order valence-electron chi connectivity index (χ2n) is 2.17. The first-order valence-corrected chi connectivity index (χ1v) is 3.10. The van der Waals surface area contributed by atoms with Crippen molar-refractivity contribution in [2.45, 2.75) is 0 Å². The Hall–Kier alpha value is -2.20. The van der Waals surface area contributed by atoms with E-state index < -0.39 is 0 Å². The lowest BCUT2D eigenvalue weighted by atomic mass is 9.97. The fourth-order valence-corrected chi connectivity index (χ4v) is 0.785. The van der Waals surface area contributed by atoms with Gasteiger partial charge in [-0.05, 0) is 12.2 Å². The van der Waals surface area contributed by atoms with Crippen LogP contribution in [0.3, 0.4) is 0 Å². The average Bonchev–Trinajstić information content (AvgIpc) is 2.09. The summed E-state index contributed by atoms with van der Waals surface area (Å²) in [6.07, 6.45) is 2.45. The largest absolute Gasteiger partial charge is 0.299 e. The minimum atomic E-state index is -0.0365. The molecule has 0 atom stereocenters. The van der Waals surface area contributed by atoms with Crippen molar-refractivity contribution in [3.05, 3.63) is 23.3 Å². The van der Waals surface area contributed by atoms with Gasteiger partial charge in [-0.1, -0.05) is 0 Å². The molecule has 2 N–H and O–H groups in total. The molecule has 0 radical (unpaired) electrons. The van der Waals surface area contributed by atoms with Crippen LogP contribution in [0, 0.1) is 33.5 Å². The molecule has 0 spiro atoms. The Bertz CT molecular complexity index is 358. The molecule has 0 bridgehead atoms. The highest BCUT2D eigenvalue weighted by Gasteiger charge is 2.13. The number of hydrogen-bond acceptors (Lipinski definition) is 4. The molecule has 12 heavy (non-hydrogen) atoms. The highest BCUT2D eigenvalue weighted by atomic mass is 14.5. The normalized spacial score (nSPS) is 15.8. The SMILES string of the molecule is N#CC1=CC(=N)C(=N)C=C1C#N. The molecule has 0 unspecified atom stereocenters.